The molecule has 2 amide bonds. The fourth-order valence-electron chi connectivity index (χ4n) is 3.17. The molecule has 0 atom stereocenters. The molecule has 0 saturated carbocycles. The summed E-state index contributed by atoms with van der Waals surface area (Å²) in [5.41, 5.74) is 2.18. The number of rotatable bonds is 4. The number of amides is 2. The normalized spacial score (nSPS) is 13.9. The van der Waals surface area contributed by atoms with Gasteiger partial charge in [0.1, 0.15) is 12.3 Å². The quantitative estimate of drug-likeness (QED) is 0.498. The van der Waals surface area contributed by atoms with Gasteiger partial charge in [-0.15, -0.1) is 0 Å². The van der Waals surface area contributed by atoms with E-state index in [-0.39, 0.29) is 42.4 Å². The van der Waals surface area contributed by atoms with Gasteiger partial charge in [0.2, 0.25) is 11.8 Å². The van der Waals surface area contributed by atoms with Gasteiger partial charge in [-0.25, -0.2) is 9.78 Å². The van der Waals surface area contributed by atoms with Crippen LogP contribution in [0.5, 0.6) is 0 Å². The number of hydrogen-bond acceptors (Lipinski definition) is 6. The minimum Gasteiger partial charge on any atom is -0.456 e. The molecule has 2 aromatic heterocycles. The van der Waals surface area contributed by atoms with Gasteiger partial charge in [0.05, 0.1) is 16.9 Å². The molecule has 1 fully saturated rings. The lowest BCUT2D eigenvalue weighted by Crippen LogP contribution is -2.28. The molecule has 0 spiro atoms. The summed E-state index contributed by atoms with van der Waals surface area (Å²) in [5, 5.41) is 0. The summed E-state index contributed by atoms with van der Waals surface area (Å²) in [4.78, 5) is 53.5. The van der Waals surface area contributed by atoms with Gasteiger partial charge in [-0.05, 0) is 42.8 Å². The van der Waals surface area contributed by atoms with Crippen molar-refractivity contribution in [3.8, 4) is 0 Å². The van der Waals surface area contributed by atoms with E-state index in [2.05, 4.69) is 4.98 Å². The molecule has 1 aliphatic rings. The molecule has 4 rings (SSSR count). The van der Waals surface area contributed by atoms with Crippen LogP contribution in [-0.4, -0.2) is 27.2 Å². The molecule has 146 valence electrons. The first-order chi connectivity index (χ1) is 13.9. The maximum atomic E-state index is 12.3. The van der Waals surface area contributed by atoms with Gasteiger partial charge in [0.25, 0.3) is 5.56 Å². The van der Waals surface area contributed by atoms with E-state index in [1.54, 1.807) is 12.3 Å². The zero-order valence-corrected chi connectivity index (χ0v) is 15.6. The van der Waals surface area contributed by atoms with Crippen molar-refractivity contribution in [1.29, 1.82) is 0 Å². The Morgan fingerprint density at radius 1 is 1.03 bits per heavy atom. The molecule has 3 heterocycles. The number of anilines is 1. The second-order valence-electron chi connectivity index (χ2n) is 6.77. The Morgan fingerprint density at radius 2 is 1.72 bits per heavy atom. The van der Waals surface area contributed by atoms with E-state index in [1.807, 2.05) is 13.0 Å². The fraction of sp³-hybridized carbons (Fsp3) is 0.190. The summed E-state index contributed by atoms with van der Waals surface area (Å²) >= 11 is 0. The predicted octanol–water partition coefficient (Wildman–Crippen LogP) is 2.01. The summed E-state index contributed by atoms with van der Waals surface area (Å²) in [6, 6.07) is 10.9. The van der Waals surface area contributed by atoms with Crippen LogP contribution in [0.3, 0.4) is 0 Å². The Balaban J connectivity index is 1.47. The van der Waals surface area contributed by atoms with E-state index < -0.39 is 5.97 Å². The van der Waals surface area contributed by atoms with Crippen LogP contribution in [0.15, 0.2) is 53.5 Å². The zero-order valence-electron chi connectivity index (χ0n) is 15.6. The average Bonchev–Trinajstić information content (AvgIpc) is 3.05. The molecular formula is C21H17N3O5. The molecule has 1 saturated heterocycles. The van der Waals surface area contributed by atoms with Crippen LogP contribution in [0, 0.1) is 6.92 Å². The number of benzene rings is 1. The van der Waals surface area contributed by atoms with E-state index in [0.29, 0.717) is 17.0 Å². The number of aromatic nitrogens is 2. The number of hydrogen-bond donors (Lipinski definition) is 0. The van der Waals surface area contributed by atoms with Crippen molar-refractivity contribution < 1.29 is 19.1 Å². The van der Waals surface area contributed by atoms with Crippen molar-refractivity contribution in [2.24, 2.45) is 0 Å². The average molecular weight is 391 g/mol. The van der Waals surface area contributed by atoms with Crippen LogP contribution in [0.2, 0.25) is 0 Å². The summed E-state index contributed by atoms with van der Waals surface area (Å²) < 4.78 is 6.68. The summed E-state index contributed by atoms with van der Waals surface area (Å²) in [7, 11) is 0. The maximum absolute atomic E-state index is 12.3. The Bertz CT molecular complexity index is 1180. The van der Waals surface area contributed by atoms with E-state index >= 15 is 0 Å². The van der Waals surface area contributed by atoms with Crippen LogP contribution >= 0.6 is 0 Å². The van der Waals surface area contributed by atoms with Gasteiger partial charge in [0.15, 0.2) is 0 Å². The number of nitrogens with zero attached hydrogens (tertiary/aromatic N) is 3. The van der Waals surface area contributed by atoms with E-state index in [1.165, 1.54) is 34.7 Å². The van der Waals surface area contributed by atoms with Crippen molar-refractivity contribution in [1.82, 2.24) is 9.38 Å². The first-order valence-corrected chi connectivity index (χ1v) is 9.04. The summed E-state index contributed by atoms with van der Waals surface area (Å²) in [6.07, 6.45) is 2.08. The Labute approximate surface area is 165 Å². The topological polar surface area (TPSA) is 98.0 Å². The monoisotopic (exact) mass is 391 g/mol. The Hall–Kier alpha value is -3.81. The van der Waals surface area contributed by atoms with Crippen molar-refractivity contribution >= 4 is 29.1 Å². The number of esters is 1. The molecule has 0 radical (unpaired) electrons. The highest BCUT2D eigenvalue weighted by Crippen LogP contribution is 2.23. The zero-order chi connectivity index (χ0) is 20.5. The van der Waals surface area contributed by atoms with E-state index in [4.69, 9.17) is 4.74 Å². The van der Waals surface area contributed by atoms with E-state index in [9.17, 15) is 19.2 Å². The third-order valence-corrected chi connectivity index (χ3v) is 4.62. The SMILES string of the molecule is Cc1ccc2nc(COC(=O)c3ccc(N4C(=O)CCC4=O)cc3)cc(=O)n2c1. The lowest BCUT2D eigenvalue weighted by Gasteiger charge is -2.14. The van der Waals surface area contributed by atoms with Crippen LogP contribution in [0.4, 0.5) is 5.69 Å². The number of fused-ring (bicyclic) bond motifs is 1. The molecule has 8 heteroatoms. The number of carbonyl (C=O) groups excluding carboxylic acids is 3. The van der Waals surface area contributed by atoms with Gasteiger partial charge in [-0.1, -0.05) is 6.07 Å². The largest absolute Gasteiger partial charge is 0.456 e. The van der Waals surface area contributed by atoms with Gasteiger partial charge in [0, 0.05) is 25.1 Å². The van der Waals surface area contributed by atoms with Crippen LogP contribution < -0.4 is 10.5 Å². The first kappa shape index (κ1) is 18.5. The molecule has 0 N–H and O–H groups in total. The van der Waals surface area contributed by atoms with Gasteiger partial charge >= 0.3 is 5.97 Å². The maximum Gasteiger partial charge on any atom is 0.338 e. The standard InChI is InChI=1S/C21H17N3O5/c1-13-2-7-17-22-15(10-20(27)23(17)11-13)12-29-21(28)14-3-5-16(6-4-14)24-18(25)8-9-19(24)26/h2-7,10-11H,8-9,12H2,1H3. The second kappa shape index (κ2) is 7.31. The summed E-state index contributed by atoms with van der Waals surface area (Å²) in [5.74, 6) is -1.11. The van der Waals surface area contributed by atoms with Crippen molar-refractivity contribution in [2.45, 2.75) is 26.4 Å². The lowest BCUT2D eigenvalue weighted by molar-refractivity contribution is -0.121. The van der Waals surface area contributed by atoms with Gasteiger partial charge in [-0.3, -0.25) is 23.7 Å². The second-order valence-corrected chi connectivity index (χ2v) is 6.77. The minimum atomic E-state index is -0.596. The predicted molar refractivity (Wildman–Crippen MR) is 103 cm³/mol. The van der Waals surface area contributed by atoms with Crippen molar-refractivity contribution in [3.05, 3.63) is 75.8 Å². The molecule has 1 aliphatic heterocycles. The Morgan fingerprint density at radius 3 is 2.41 bits per heavy atom. The molecular weight excluding hydrogens is 374 g/mol. The minimum absolute atomic E-state index is 0.150. The third-order valence-electron chi connectivity index (χ3n) is 4.62. The van der Waals surface area contributed by atoms with E-state index in [0.717, 1.165) is 10.5 Å². The van der Waals surface area contributed by atoms with Crippen molar-refractivity contribution in [3.63, 3.8) is 0 Å². The van der Waals surface area contributed by atoms with Crippen molar-refractivity contribution in [2.75, 3.05) is 4.90 Å². The van der Waals surface area contributed by atoms with Crippen LogP contribution in [0.25, 0.3) is 5.65 Å². The smallest absolute Gasteiger partial charge is 0.338 e. The molecule has 8 nitrogen and oxygen atoms in total. The van der Waals surface area contributed by atoms with Crippen LogP contribution in [-0.2, 0) is 20.9 Å². The van der Waals surface area contributed by atoms with Gasteiger partial charge in [-0.2, -0.15) is 0 Å². The number of carbonyl (C=O) groups is 3. The Kier molecular flexibility index (Phi) is 4.67. The van der Waals surface area contributed by atoms with Crippen LogP contribution in [0.1, 0.15) is 34.5 Å². The first-order valence-electron chi connectivity index (χ1n) is 9.04. The molecule has 29 heavy (non-hydrogen) atoms. The lowest BCUT2D eigenvalue weighted by atomic mass is 10.2. The fourth-order valence-corrected chi connectivity index (χ4v) is 3.17. The number of pyridine rings is 1. The highest BCUT2D eigenvalue weighted by atomic mass is 16.5. The van der Waals surface area contributed by atoms with Gasteiger partial charge < -0.3 is 4.74 Å². The molecule has 3 aromatic rings. The molecule has 0 aliphatic carbocycles. The molecule has 0 bridgehead atoms. The third kappa shape index (κ3) is 3.64. The highest BCUT2D eigenvalue weighted by molar-refractivity contribution is 6.19. The number of ether oxygens (including phenoxy) is 1. The highest BCUT2D eigenvalue weighted by Gasteiger charge is 2.30. The number of imide groups is 1. The molecule has 0 unspecified atom stereocenters. The number of aryl methyl sites for hydroxylation is 1. The molecule has 1 aromatic carbocycles. The summed E-state index contributed by atoms with van der Waals surface area (Å²) in [6.45, 7) is 1.73.